The van der Waals surface area contributed by atoms with Crippen LogP contribution in [0.25, 0.3) is 0 Å². The zero-order valence-electron chi connectivity index (χ0n) is 53.1. The summed E-state index contributed by atoms with van der Waals surface area (Å²) >= 11 is 0. The minimum absolute atomic E-state index is 0.0567. The molecule has 3 N–H and O–H groups in total. The van der Waals surface area contributed by atoms with E-state index in [2.05, 4.69) is 67.8 Å². The van der Waals surface area contributed by atoms with Crippen LogP contribution in [-0.2, 0) is 18.4 Å². The van der Waals surface area contributed by atoms with Gasteiger partial charge in [0.05, 0.1) is 39.9 Å². The first kappa shape index (κ1) is 77.2. The van der Waals surface area contributed by atoms with Crippen molar-refractivity contribution < 1.29 is 32.9 Å². The summed E-state index contributed by atoms with van der Waals surface area (Å²) < 4.78 is 23.8. The van der Waals surface area contributed by atoms with Crippen molar-refractivity contribution in [1.82, 2.24) is 5.32 Å². The molecule has 0 saturated heterocycles. The van der Waals surface area contributed by atoms with Crippen molar-refractivity contribution in [3.63, 3.8) is 0 Å². The zero-order chi connectivity index (χ0) is 57.7. The lowest BCUT2D eigenvalue weighted by atomic mass is 10.0. The van der Waals surface area contributed by atoms with E-state index in [9.17, 15) is 19.4 Å². The van der Waals surface area contributed by atoms with Crippen molar-refractivity contribution >= 4 is 13.7 Å². The molecule has 0 aliphatic carbocycles. The van der Waals surface area contributed by atoms with E-state index in [1.807, 2.05) is 27.2 Å². The average Bonchev–Trinajstić information content (AvgIpc) is 3.42. The first-order chi connectivity index (χ1) is 38.5. The van der Waals surface area contributed by atoms with E-state index in [1.54, 1.807) is 6.08 Å². The van der Waals surface area contributed by atoms with Crippen LogP contribution in [-0.4, -0.2) is 73.4 Å². The van der Waals surface area contributed by atoms with Gasteiger partial charge in [0.1, 0.15) is 13.2 Å². The number of amides is 1. The Kier molecular flexibility index (Phi) is 59.4. The quantitative estimate of drug-likeness (QED) is 0.0243. The van der Waals surface area contributed by atoms with Crippen LogP contribution in [0, 0.1) is 0 Å². The minimum atomic E-state index is -4.36. The number of quaternary nitrogens is 1. The SMILES string of the molecule is CCCCCCC/C=C\C/C=C\C/C=C\CCCCCCCCCCCCCCCCCCCCCCCCC(=O)NC(COP(=O)(O)OCC[N+](C)(C)C)C(O)/C=C/CC/C=C/CCCCCCCCCCCCCCCC. The molecule has 0 spiro atoms. The Labute approximate surface area is 492 Å². The smallest absolute Gasteiger partial charge is 0.387 e. The average molecular weight is 1130 g/mol. The lowest BCUT2D eigenvalue weighted by Gasteiger charge is -2.25. The minimum Gasteiger partial charge on any atom is -0.387 e. The molecule has 9 heteroatoms. The van der Waals surface area contributed by atoms with E-state index >= 15 is 0 Å². The topological polar surface area (TPSA) is 105 Å². The highest BCUT2D eigenvalue weighted by molar-refractivity contribution is 7.47. The molecule has 0 heterocycles. The molecule has 3 unspecified atom stereocenters. The Morgan fingerprint density at radius 2 is 0.734 bits per heavy atom. The van der Waals surface area contributed by atoms with Crippen molar-refractivity contribution in [3.8, 4) is 0 Å². The van der Waals surface area contributed by atoms with Gasteiger partial charge in [0.25, 0.3) is 0 Å². The number of nitrogens with zero attached hydrogens (tertiary/aromatic N) is 1. The number of phosphoric acid groups is 1. The molecule has 0 aromatic rings. The van der Waals surface area contributed by atoms with Crippen LogP contribution in [0.5, 0.6) is 0 Å². The molecule has 0 saturated carbocycles. The fourth-order valence-corrected chi connectivity index (χ4v) is 10.9. The molecule has 0 bridgehead atoms. The van der Waals surface area contributed by atoms with E-state index < -0.39 is 20.0 Å². The Bertz CT molecular complexity index is 1470. The second kappa shape index (κ2) is 60.8. The summed E-state index contributed by atoms with van der Waals surface area (Å²) in [6.45, 7) is 4.82. The number of allylic oxidation sites excluding steroid dienone is 9. The number of aliphatic hydroxyl groups excluding tert-OH is 1. The molecular weight excluding hydrogens is 996 g/mol. The van der Waals surface area contributed by atoms with Gasteiger partial charge < -0.3 is 19.8 Å². The predicted molar refractivity (Wildman–Crippen MR) is 346 cm³/mol. The van der Waals surface area contributed by atoms with Crippen LogP contribution in [0.15, 0.2) is 60.8 Å². The zero-order valence-corrected chi connectivity index (χ0v) is 54.0. The van der Waals surface area contributed by atoms with E-state index in [0.29, 0.717) is 17.4 Å². The third kappa shape index (κ3) is 63.6. The van der Waals surface area contributed by atoms with Gasteiger partial charge in [0.2, 0.25) is 5.91 Å². The Balaban J connectivity index is 4.01. The molecular formula is C70H134N2O6P+. The Hall–Kier alpha value is -1.80. The highest BCUT2D eigenvalue weighted by atomic mass is 31.2. The van der Waals surface area contributed by atoms with Gasteiger partial charge in [-0.3, -0.25) is 13.8 Å². The van der Waals surface area contributed by atoms with Crippen molar-refractivity contribution in [3.05, 3.63) is 60.8 Å². The summed E-state index contributed by atoms with van der Waals surface area (Å²) in [5.41, 5.74) is 0. The Morgan fingerprint density at radius 3 is 1.10 bits per heavy atom. The van der Waals surface area contributed by atoms with Crippen LogP contribution >= 0.6 is 7.82 Å². The van der Waals surface area contributed by atoms with Gasteiger partial charge in [-0.1, -0.05) is 312 Å². The van der Waals surface area contributed by atoms with Crippen LogP contribution in [0.4, 0.5) is 0 Å². The number of unbranched alkanes of at least 4 members (excludes halogenated alkanes) is 42. The maximum atomic E-state index is 13.0. The summed E-state index contributed by atoms with van der Waals surface area (Å²) in [5, 5.41) is 14.0. The molecule has 464 valence electrons. The van der Waals surface area contributed by atoms with Gasteiger partial charge in [0, 0.05) is 6.42 Å². The Morgan fingerprint density at radius 1 is 0.430 bits per heavy atom. The van der Waals surface area contributed by atoms with Gasteiger partial charge in [0.15, 0.2) is 0 Å². The van der Waals surface area contributed by atoms with Gasteiger partial charge in [-0.05, 0) is 70.6 Å². The van der Waals surface area contributed by atoms with Crippen LogP contribution in [0.2, 0.25) is 0 Å². The number of hydrogen-bond donors (Lipinski definition) is 3. The van der Waals surface area contributed by atoms with Crippen LogP contribution in [0.1, 0.15) is 328 Å². The molecule has 0 aliphatic rings. The van der Waals surface area contributed by atoms with Gasteiger partial charge in [-0.2, -0.15) is 0 Å². The molecule has 3 atom stereocenters. The first-order valence-corrected chi connectivity index (χ1v) is 35.7. The second-order valence-corrected chi connectivity index (χ2v) is 26.0. The third-order valence-corrected chi connectivity index (χ3v) is 16.4. The normalized spacial score (nSPS) is 14.1. The molecule has 0 rings (SSSR count). The first-order valence-electron chi connectivity index (χ1n) is 34.2. The number of rotatable bonds is 63. The number of nitrogens with one attached hydrogen (secondary N) is 1. The summed E-state index contributed by atoms with van der Waals surface area (Å²) in [4.78, 5) is 23.4. The number of aliphatic hydroxyl groups is 1. The van der Waals surface area contributed by atoms with Crippen molar-refractivity contribution in [2.24, 2.45) is 0 Å². The summed E-state index contributed by atoms with van der Waals surface area (Å²) in [5.74, 6) is -0.182. The lowest BCUT2D eigenvalue weighted by Crippen LogP contribution is -2.45. The highest BCUT2D eigenvalue weighted by Crippen LogP contribution is 2.43. The van der Waals surface area contributed by atoms with Gasteiger partial charge in [-0.25, -0.2) is 4.57 Å². The van der Waals surface area contributed by atoms with E-state index in [-0.39, 0.29) is 19.1 Å². The third-order valence-electron chi connectivity index (χ3n) is 15.5. The maximum Gasteiger partial charge on any atom is 0.472 e. The van der Waals surface area contributed by atoms with Crippen LogP contribution in [0.3, 0.4) is 0 Å². The number of phosphoric ester groups is 1. The van der Waals surface area contributed by atoms with Crippen molar-refractivity contribution in [2.45, 2.75) is 341 Å². The fourth-order valence-electron chi connectivity index (χ4n) is 10.1. The molecule has 0 aliphatic heterocycles. The molecule has 0 aromatic heterocycles. The summed E-state index contributed by atoms with van der Waals surface area (Å²) in [7, 11) is 1.56. The summed E-state index contributed by atoms with van der Waals surface area (Å²) in [6.07, 6.45) is 83.7. The summed E-state index contributed by atoms with van der Waals surface area (Å²) in [6, 6.07) is -0.864. The highest BCUT2D eigenvalue weighted by Gasteiger charge is 2.28. The lowest BCUT2D eigenvalue weighted by molar-refractivity contribution is -0.870. The monoisotopic (exact) mass is 1130 g/mol. The number of hydrogen-bond acceptors (Lipinski definition) is 5. The second-order valence-electron chi connectivity index (χ2n) is 24.5. The van der Waals surface area contributed by atoms with E-state index in [1.165, 1.54) is 257 Å². The van der Waals surface area contributed by atoms with Crippen LogP contribution < -0.4 is 5.32 Å². The number of likely N-dealkylation sites (N-methyl/N-ethyl adjacent to an activating group) is 1. The standard InChI is InChI=1S/C70H133N2O6P/c1-6-8-10-12-14-16-18-20-22-24-26-28-29-30-31-32-33-34-35-36-37-38-39-40-41-42-43-44-46-48-50-52-54-56-58-60-62-64-70(74)71-68(67-78-79(75,76)77-66-65-72(3,4)5)69(73)63-61-59-57-55-53-51-49-47-45-27-25-23-21-19-17-15-13-11-9-7-2/h18,20,24,26,29-30,53,55,61,63,68-69,73H,6-17,19,21-23,25,27-28,31-52,54,56-60,62,64-67H2,1-5H3,(H-,71,74,75,76)/p+1/b20-18-,26-24-,30-29-,55-53+,63-61+. The van der Waals surface area contributed by atoms with Gasteiger partial charge in [-0.15, -0.1) is 0 Å². The van der Waals surface area contributed by atoms with Gasteiger partial charge >= 0.3 is 7.82 Å². The largest absolute Gasteiger partial charge is 0.472 e. The fraction of sp³-hybridized carbons (Fsp3) is 0.843. The molecule has 0 fully saturated rings. The molecule has 79 heavy (non-hydrogen) atoms. The number of carbonyl (C=O) groups is 1. The molecule has 0 radical (unpaired) electrons. The number of carbonyl (C=O) groups excluding carboxylic acids is 1. The van der Waals surface area contributed by atoms with Crippen molar-refractivity contribution in [2.75, 3.05) is 40.9 Å². The predicted octanol–water partition coefficient (Wildman–Crippen LogP) is 21.6. The molecule has 8 nitrogen and oxygen atoms in total. The maximum absolute atomic E-state index is 13.0. The molecule has 1 amide bonds. The van der Waals surface area contributed by atoms with Crippen molar-refractivity contribution in [1.29, 1.82) is 0 Å². The van der Waals surface area contributed by atoms with E-state index in [4.69, 9.17) is 9.05 Å². The molecule has 0 aromatic carbocycles. The van der Waals surface area contributed by atoms with E-state index in [0.717, 1.165) is 51.4 Å².